The van der Waals surface area contributed by atoms with E-state index < -0.39 is 0 Å². The van der Waals surface area contributed by atoms with Gasteiger partial charge in [-0.05, 0) is 30.7 Å². The third kappa shape index (κ3) is 5.47. The Bertz CT molecular complexity index is 558. The van der Waals surface area contributed by atoms with Gasteiger partial charge < -0.3 is 10.1 Å². The zero-order valence-corrected chi connectivity index (χ0v) is 12.3. The number of pyridine rings is 2. The van der Waals surface area contributed by atoms with Gasteiger partial charge in [0.1, 0.15) is 18.2 Å². The molecule has 2 aromatic heterocycles. The predicted molar refractivity (Wildman–Crippen MR) is 79.3 cm³/mol. The summed E-state index contributed by atoms with van der Waals surface area (Å²) in [7, 11) is 0. The molecular formula is C16H20FN3O. The van der Waals surface area contributed by atoms with Crippen molar-refractivity contribution in [2.45, 2.75) is 27.0 Å². The Labute approximate surface area is 124 Å². The summed E-state index contributed by atoms with van der Waals surface area (Å²) < 4.78 is 18.5. The normalized spacial score (nSPS) is 10.9. The van der Waals surface area contributed by atoms with Gasteiger partial charge in [-0.3, -0.25) is 9.97 Å². The van der Waals surface area contributed by atoms with Gasteiger partial charge in [-0.1, -0.05) is 13.8 Å². The average molecular weight is 289 g/mol. The van der Waals surface area contributed by atoms with Crippen molar-refractivity contribution in [3.63, 3.8) is 0 Å². The van der Waals surface area contributed by atoms with Crippen molar-refractivity contribution in [1.29, 1.82) is 0 Å². The molecule has 0 saturated carbocycles. The Morgan fingerprint density at radius 2 is 2.10 bits per heavy atom. The number of nitrogens with one attached hydrogen (secondary N) is 1. The van der Waals surface area contributed by atoms with E-state index in [0.717, 1.165) is 18.8 Å². The van der Waals surface area contributed by atoms with E-state index in [0.29, 0.717) is 17.2 Å². The Balaban J connectivity index is 1.82. The lowest BCUT2D eigenvalue weighted by Gasteiger charge is -2.08. The van der Waals surface area contributed by atoms with Gasteiger partial charge in [0.15, 0.2) is 0 Å². The van der Waals surface area contributed by atoms with Crippen molar-refractivity contribution in [3.8, 4) is 5.75 Å². The predicted octanol–water partition coefficient (Wildman–Crippen LogP) is 2.94. The highest BCUT2D eigenvalue weighted by atomic mass is 19.1. The zero-order chi connectivity index (χ0) is 15.1. The van der Waals surface area contributed by atoms with Crippen LogP contribution in [0.15, 0.2) is 36.8 Å². The summed E-state index contributed by atoms with van der Waals surface area (Å²) in [6, 6.07) is 5.20. The molecule has 112 valence electrons. The van der Waals surface area contributed by atoms with Crippen molar-refractivity contribution < 1.29 is 9.13 Å². The highest BCUT2D eigenvalue weighted by Gasteiger charge is 2.00. The van der Waals surface area contributed by atoms with Crippen LogP contribution in [-0.4, -0.2) is 16.5 Å². The lowest BCUT2D eigenvalue weighted by atomic mass is 10.2. The number of ether oxygens (including phenoxy) is 1. The van der Waals surface area contributed by atoms with Gasteiger partial charge in [0.2, 0.25) is 0 Å². The molecule has 4 nitrogen and oxygen atoms in total. The second kappa shape index (κ2) is 7.69. The summed E-state index contributed by atoms with van der Waals surface area (Å²) in [6.45, 7) is 6.31. The highest BCUT2D eigenvalue weighted by Crippen LogP contribution is 2.12. The summed E-state index contributed by atoms with van der Waals surface area (Å²) in [5.74, 6) is 0.917. The van der Waals surface area contributed by atoms with Gasteiger partial charge in [0.05, 0.1) is 18.1 Å². The third-order valence-corrected chi connectivity index (χ3v) is 2.82. The van der Waals surface area contributed by atoms with Crippen LogP contribution in [-0.2, 0) is 13.2 Å². The minimum absolute atomic E-state index is 0.275. The molecule has 0 amide bonds. The molecule has 0 aliphatic carbocycles. The molecule has 0 spiro atoms. The van der Waals surface area contributed by atoms with Gasteiger partial charge in [-0.15, -0.1) is 0 Å². The molecule has 2 heterocycles. The summed E-state index contributed by atoms with van der Waals surface area (Å²) in [6.07, 6.45) is 4.43. The molecule has 2 aromatic rings. The maximum atomic E-state index is 13.0. The Morgan fingerprint density at radius 3 is 2.76 bits per heavy atom. The van der Waals surface area contributed by atoms with Gasteiger partial charge in [0, 0.05) is 18.3 Å². The first kappa shape index (κ1) is 15.4. The number of hydrogen-bond acceptors (Lipinski definition) is 4. The molecule has 21 heavy (non-hydrogen) atoms. The molecule has 0 unspecified atom stereocenters. The maximum absolute atomic E-state index is 13.0. The largest absolute Gasteiger partial charge is 0.487 e. The first-order valence-corrected chi connectivity index (χ1v) is 7.01. The molecule has 0 bridgehead atoms. The average Bonchev–Trinajstić information content (AvgIpc) is 2.46. The lowest BCUT2D eigenvalue weighted by Crippen LogP contribution is -2.19. The number of nitrogens with zero attached hydrogens (tertiary/aromatic N) is 2. The van der Waals surface area contributed by atoms with E-state index >= 15 is 0 Å². The first-order valence-electron chi connectivity index (χ1n) is 7.01. The summed E-state index contributed by atoms with van der Waals surface area (Å²) >= 11 is 0. The van der Waals surface area contributed by atoms with E-state index in [1.165, 1.54) is 12.3 Å². The van der Waals surface area contributed by atoms with Gasteiger partial charge >= 0.3 is 0 Å². The second-order valence-electron chi connectivity index (χ2n) is 5.31. The van der Waals surface area contributed by atoms with Crippen LogP contribution < -0.4 is 10.1 Å². The van der Waals surface area contributed by atoms with Crippen LogP contribution in [0.2, 0.25) is 0 Å². The van der Waals surface area contributed by atoms with E-state index in [-0.39, 0.29) is 12.4 Å². The minimum atomic E-state index is -0.360. The minimum Gasteiger partial charge on any atom is -0.487 e. The van der Waals surface area contributed by atoms with Crippen LogP contribution in [0.3, 0.4) is 0 Å². The number of halogens is 1. The van der Waals surface area contributed by atoms with Crippen molar-refractivity contribution in [2.24, 2.45) is 5.92 Å². The van der Waals surface area contributed by atoms with Crippen LogP contribution >= 0.6 is 0 Å². The summed E-state index contributed by atoms with van der Waals surface area (Å²) in [5.41, 5.74) is 1.66. The Hall–Kier alpha value is -2.01. The Kier molecular flexibility index (Phi) is 5.63. The maximum Gasteiger partial charge on any atom is 0.141 e. The van der Waals surface area contributed by atoms with Crippen LogP contribution in [0.4, 0.5) is 4.39 Å². The monoisotopic (exact) mass is 289 g/mol. The van der Waals surface area contributed by atoms with Gasteiger partial charge in [0.25, 0.3) is 0 Å². The summed E-state index contributed by atoms with van der Waals surface area (Å²) in [5, 5.41) is 3.33. The van der Waals surface area contributed by atoms with E-state index in [4.69, 9.17) is 4.74 Å². The molecule has 0 fully saturated rings. The number of hydrogen-bond donors (Lipinski definition) is 1. The fourth-order valence-corrected chi connectivity index (χ4v) is 1.79. The zero-order valence-electron chi connectivity index (χ0n) is 12.3. The van der Waals surface area contributed by atoms with E-state index in [9.17, 15) is 4.39 Å². The third-order valence-electron chi connectivity index (χ3n) is 2.82. The second-order valence-corrected chi connectivity index (χ2v) is 5.31. The quantitative estimate of drug-likeness (QED) is 0.851. The van der Waals surface area contributed by atoms with E-state index in [1.807, 2.05) is 12.1 Å². The Morgan fingerprint density at radius 1 is 1.24 bits per heavy atom. The van der Waals surface area contributed by atoms with Crippen molar-refractivity contribution in [3.05, 3.63) is 53.9 Å². The molecule has 0 aliphatic heterocycles. The number of aromatic nitrogens is 2. The number of rotatable bonds is 7. The molecule has 0 atom stereocenters. The van der Waals surface area contributed by atoms with Crippen LogP contribution in [0.1, 0.15) is 25.1 Å². The van der Waals surface area contributed by atoms with Gasteiger partial charge in [-0.2, -0.15) is 0 Å². The van der Waals surface area contributed by atoms with Crippen LogP contribution in [0, 0.1) is 11.7 Å². The molecule has 2 rings (SSSR count). The fourth-order valence-electron chi connectivity index (χ4n) is 1.79. The van der Waals surface area contributed by atoms with E-state index in [2.05, 4.69) is 29.1 Å². The van der Waals surface area contributed by atoms with Crippen molar-refractivity contribution >= 4 is 0 Å². The standard InChI is InChI=1S/C16H20FN3O/c1-12(2)6-18-9-15-3-4-16(10-20-15)21-11-13-5-14(17)8-19-7-13/h3-5,7-8,10,12,18H,6,9,11H2,1-2H3. The molecule has 0 radical (unpaired) electrons. The smallest absolute Gasteiger partial charge is 0.141 e. The van der Waals surface area contributed by atoms with Crippen molar-refractivity contribution in [2.75, 3.05) is 6.54 Å². The van der Waals surface area contributed by atoms with Crippen molar-refractivity contribution in [1.82, 2.24) is 15.3 Å². The molecule has 0 aromatic carbocycles. The van der Waals surface area contributed by atoms with Crippen LogP contribution in [0.25, 0.3) is 0 Å². The van der Waals surface area contributed by atoms with Gasteiger partial charge in [-0.25, -0.2) is 4.39 Å². The summed E-state index contributed by atoms with van der Waals surface area (Å²) in [4.78, 5) is 8.11. The molecule has 0 aliphatic rings. The van der Waals surface area contributed by atoms with E-state index in [1.54, 1.807) is 12.4 Å². The molecular weight excluding hydrogens is 269 g/mol. The van der Waals surface area contributed by atoms with Crippen LogP contribution in [0.5, 0.6) is 5.75 Å². The molecule has 0 saturated heterocycles. The highest BCUT2D eigenvalue weighted by molar-refractivity contribution is 5.20. The fraction of sp³-hybridized carbons (Fsp3) is 0.375. The SMILES string of the molecule is CC(C)CNCc1ccc(OCc2cncc(F)c2)cn1. The lowest BCUT2D eigenvalue weighted by molar-refractivity contribution is 0.303. The molecule has 1 N–H and O–H groups in total. The first-order chi connectivity index (χ1) is 10.1. The topological polar surface area (TPSA) is 47.0 Å². The molecule has 5 heteroatoms.